The van der Waals surface area contributed by atoms with E-state index in [1.165, 1.54) is 6.26 Å². The maximum Gasteiger partial charge on any atom is 0.287 e. The summed E-state index contributed by atoms with van der Waals surface area (Å²) in [5.74, 6) is 0.133. The molecule has 0 atom stereocenters. The normalized spacial score (nSPS) is 10.1. The number of benzene rings is 1. The van der Waals surface area contributed by atoms with Crippen LogP contribution in [0.4, 0.5) is 5.69 Å². The van der Waals surface area contributed by atoms with Crippen LogP contribution in [-0.4, -0.2) is 20.0 Å². The number of carbonyl (C=O) groups excluding carboxylic acids is 1. The van der Waals surface area contributed by atoms with Crippen molar-refractivity contribution in [2.24, 2.45) is 0 Å². The van der Waals surface area contributed by atoms with E-state index in [0.717, 1.165) is 11.3 Å². The number of nitrogens with one attached hydrogen (secondary N) is 1. The molecule has 0 spiro atoms. The maximum absolute atomic E-state index is 11.7. The third kappa shape index (κ3) is 2.91. The van der Waals surface area contributed by atoms with Crippen molar-refractivity contribution in [3.63, 3.8) is 0 Å². The minimum Gasteiger partial charge on any atom is -0.459 e. The molecule has 1 amide bonds. The van der Waals surface area contributed by atoms with Crippen LogP contribution in [0.15, 0.2) is 47.1 Å². The van der Waals surface area contributed by atoms with Crippen molar-refractivity contribution in [2.45, 2.75) is 6.54 Å². The number of nitrogens with zero attached hydrogens (tertiary/aromatic N) is 1. The first-order chi connectivity index (χ1) is 8.66. The average molecular weight is 244 g/mol. The average Bonchev–Trinajstić information content (AvgIpc) is 2.90. The summed E-state index contributed by atoms with van der Waals surface area (Å²) in [7, 11) is 3.97. The van der Waals surface area contributed by atoms with E-state index >= 15 is 0 Å². The molecule has 2 rings (SSSR count). The summed E-state index contributed by atoms with van der Waals surface area (Å²) in [5, 5.41) is 2.82. The van der Waals surface area contributed by atoms with Crippen LogP contribution >= 0.6 is 0 Å². The lowest BCUT2D eigenvalue weighted by molar-refractivity contribution is 0.0923. The molecule has 0 saturated heterocycles. The van der Waals surface area contributed by atoms with Gasteiger partial charge in [0.25, 0.3) is 5.91 Å². The molecule has 1 heterocycles. The molecular formula is C14H16N2O2. The molecule has 4 nitrogen and oxygen atoms in total. The van der Waals surface area contributed by atoms with Crippen LogP contribution in [-0.2, 0) is 6.54 Å². The monoisotopic (exact) mass is 244 g/mol. The fourth-order valence-corrected chi connectivity index (χ4v) is 1.62. The van der Waals surface area contributed by atoms with Gasteiger partial charge in [-0.3, -0.25) is 4.79 Å². The number of furan rings is 1. The first kappa shape index (κ1) is 12.2. The smallest absolute Gasteiger partial charge is 0.287 e. The summed E-state index contributed by atoms with van der Waals surface area (Å²) < 4.78 is 5.03. The second-order valence-corrected chi connectivity index (χ2v) is 4.22. The van der Waals surface area contributed by atoms with Crippen molar-refractivity contribution in [1.82, 2.24) is 5.32 Å². The lowest BCUT2D eigenvalue weighted by atomic mass is 10.2. The number of hydrogen-bond donors (Lipinski definition) is 1. The Morgan fingerprint density at radius 1 is 1.28 bits per heavy atom. The summed E-state index contributed by atoms with van der Waals surface area (Å²) in [6.45, 7) is 0.487. The molecule has 0 aliphatic carbocycles. The van der Waals surface area contributed by atoms with Crippen LogP contribution in [0.5, 0.6) is 0 Å². The third-order valence-electron chi connectivity index (χ3n) is 2.63. The molecule has 0 radical (unpaired) electrons. The van der Waals surface area contributed by atoms with Crippen LogP contribution in [0.2, 0.25) is 0 Å². The molecule has 0 saturated carbocycles. The molecule has 0 bridgehead atoms. The number of carbonyl (C=O) groups is 1. The van der Waals surface area contributed by atoms with Gasteiger partial charge in [0, 0.05) is 26.3 Å². The Hall–Kier alpha value is -2.23. The van der Waals surface area contributed by atoms with Crippen molar-refractivity contribution >= 4 is 11.6 Å². The van der Waals surface area contributed by atoms with Crippen molar-refractivity contribution in [1.29, 1.82) is 0 Å². The highest BCUT2D eigenvalue weighted by molar-refractivity contribution is 5.91. The molecule has 1 aromatic heterocycles. The van der Waals surface area contributed by atoms with Gasteiger partial charge in [-0.15, -0.1) is 0 Å². The van der Waals surface area contributed by atoms with Gasteiger partial charge >= 0.3 is 0 Å². The van der Waals surface area contributed by atoms with Crippen molar-refractivity contribution < 1.29 is 9.21 Å². The fraction of sp³-hybridized carbons (Fsp3) is 0.214. The topological polar surface area (TPSA) is 45.5 Å². The molecule has 2 aromatic rings. The lowest BCUT2D eigenvalue weighted by Gasteiger charge is -2.13. The van der Waals surface area contributed by atoms with E-state index in [1.54, 1.807) is 12.1 Å². The fourth-order valence-electron chi connectivity index (χ4n) is 1.62. The van der Waals surface area contributed by atoms with Gasteiger partial charge in [0.1, 0.15) is 0 Å². The SMILES string of the molecule is CN(C)c1cccc(CNC(=O)c2ccco2)c1. The Kier molecular flexibility index (Phi) is 3.67. The quantitative estimate of drug-likeness (QED) is 0.897. The molecule has 1 aromatic carbocycles. The Balaban J connectivity index is 1.98. The van der Waals surface area contributed by atoms with Crippen LogP contribution in [0.1, 0.15) is 16.1 Å². The first-order valence-corrected chi connectivity index (χ1v) is 5.75. The van der Waals surface area contributed by atoms with Gasteiger partial charge in [0.15, 0.2) is 5.76 Å². The first-order valence-electron chi connectivity index (χ1n) is 5.75. The molecule has 0 unspecified atom stereocenters. The van der Waals surface area contributed by atoms with Gasteiger partial charge in [-0.25, -0.2) is 0 Å². The molecule has 4 heteroatoms. The summed E-state index contributed by atoms with van der Waals surface area (Å²) in [5.41, 5.74) is 2.17. The highest BCUT2D eigenvalue weighted by Gasteiger charge is 2.07. The number of hydrogen-bond acceptors (Lipinski definition) is 3. The van der Waals surface area contributed by atoms with Crippen LogP contribution in [0.25, 0.3) is 0 Å². The molecule has 0 aliphatic rings. The van der Waals surface area contributed by atoms with Crippen LogP contribution in [0.3, 0.4) is 0 Å². The standard InChI is InChI=1S/C14H16N2O2/c1-16(2)12-6-3-5-11(9-12)10-15-14(17)13-7-4-8-18-13/h3-9H,10H2,1-2H3,(H,15,17). The zero-order valence-electron chi connectivity index (χ0n) is 10.5. The predicted octanol–water partition coefficient (Wildman–Crippen LogP) is 2.28. The molecule has 0 aliphatic heterocycles. The minimum atomic E-state index is -0.199. The molecule has 0 fully saturated rings. The van der Waals surface area contributed by atoms with Gasteiger partial charge in [-0.05, 0) is 29.8 Å². The van der Waals surface area contributed by atoms with Crippen LogP contribution < -0.4 is 10.2 Å². The largest absolute Gasteiger partial charge is 0.459 e. The predicted molar refractivity (Wildman–Crippen MR) is 70.6 cm³/mol. The summed E-state index contributed by atoms with van der Waals surface area (Å²) in [6.07, 6.45) is 1.49. The number of anilines is 1. The zero-order chi connectivity index (χ0) is 13.0. The second kappa shape index (κ2) is 5.40. The number of rotatable bonds is 4. The molecular weight excluding hydrogens is 228 g/mol. The highest BCUT2D eigenvalue weighted by atomic mass is 16.3. The summed E-state index contributed by atoms with van der Waals surface area (Å²) in [6, 6.07) is 11.4. The lowest BCUT2D eigenvalue weighted by Crippen LogP contribution is -2.22. The van der Waals surface area contributed by atoms with E-state index in [2.05, 4.69) is 5.32 Å². The third-order valence-corrected chi connectivity index (χ3v) is 2.63. The maximum atomic E-state index is 11.7. The van der Waals surface area contributed by atoms with E-state index in [9.17, 15) is 4.79 Å². The van der Waals surface area contributed by atoms with Crippen molar-refractivity contribution in [3.8, 4) is 0 Å². The highest BCUT2D eigenvalue weighted by Crippen LogP contribution is 2.13. The van der Waals surface area contributed by atoms with Crippen molar-refractivity contribution in [2.75, 3.05) is 19.0 Å². The Morgan fingerprint density at radius 2 is 2.11 bits per heavy atom. The van der Waals surface area contributed by atoms with Gasteiger partial charge in [0.05, 0.1) is 6.26 Å². The minimum absolute atomic E-state index is 0.199. The van der Waals surface area contributed by atoms with E-state index in [1.807, 2.05) is 43.3 Å². The van der Waals surface area contributed by atoms with E-state index < -0.39 is 0 Å². The van der Waals surface area contributed by atoms with E-state index in [-0.39, 0.29) is 5.91 Å². The van der Waals surface area contributed by atoms with Gasteiger partial charge in [-0.2, -0.15) is 0 Å². The summed E-state index contributed by atoms with van der Waals surface area (Å²) >= 11 is 0. The van der Waals surface area contributed by atoms with E-state index in [0.29, 0.717) is 12.3 Å². The summed E-state index contributed by atoms with van der Waals surface area (Å²) in [4.78, 5) is 13.7. The Labute approximate surface area is 106 Å². The second-order valence-electron chi connectivity index (χ2n) is 4.22. The Morgan fingerprint density at radius 3 is 2.78 bits per heavy atom. The Bertz CT molecular complexity index is 518. The molecule has 94 valence electrons. The molecule has 18 heavy (non-hydrogen) atoms. The molecule has 1 N–H and O–H groups in total. The van der Waals surface area contributed by atoms with E-state index in [4.69, 9.17) is 4.42 Å². The number of amides is 1. The van der Waals surface area contributed by atoms with Gasteiger partial charge in [-0.1, -0.05) is 12.1 Å². The van der Waals surface area contributed by atoms with Crippen molar-refractivity contribution in [3.05, 3.63) is 54.0 Å². The van der Waals surface area contributed by atoms with Gasteiger partial charge < -0.3 is 14.6 Å². The van der Waals surface area contributed by atoms with Crippen LogP contribution in [0, 0.1) is 0 Å². The van der Waals surface area contributed by atoms with Gasteiger partial charge in [0.2, 0.25) is 0 Å². The zero-order valence-corrected chi connectivity index (χ0v) is 10.5.